The summed E-state index contributed by atoms with van der Waals surface area (Å²) < 4.78 is 45.1. The molecule has 0 radical (unpaired) electrons. The van der Waals surface area contributed by atoms with Crippen LogP contribution < -0.4 is 18.9 Å². The topological polar surface area (TPSA) is 54.0 Å². The van der Waals surface area contributed by atoms with Crippen molar-refractivity contribution in [3.8, 4) is 23.0 Å². The molecule has 0 bridgehead atoms. The van der Waals surface area contributed by atoms with Crippen LogP contribution in [0.1, 0.15) is 22.8 Å². The Morgan fingerprint density at radius 3 is 2.15 bits per heavy atom. The monoisotopic (exact) mass is 378 g/mol. The van der Waals surface area contributed by atoms with Crippen LogP contribution in [0, 0.1) is 0 Å². The van der Waals surface area contributed by atoms with Gasteiger partial charge in [0.1, 0.15) is 5.75 Å². The first-order valence-electron chi connectivity index (χ1n) is 8.14. The van der Waals surface area contributed by atoms with Crippen molar-refractivity contribution in [2.45, 2.75) is 13.5 Å². The highest BCUT2D eigenvalue weighted by Gasteiger charge is 2.17. The minimum absolute atomic E-state index is 0.0721. The molecule has 5 nitrogen and oxygen atoms in total. The predicted molar refractivity (Wildman–Crippen MR) is 97.2 cm³/mol. The van der Waals surface area contributed by atoms with E-state index >= 15 is 0 Å². The van der Waals surface area contributed by atoms with Crippen LogP contribution in [0.25, 0.3) is 6.08 Å². The molecular formula is C20H20F2O5. The molecule has 0 spiro atoms. The number of alkyl halides is 2. The molecule has 0 aliphatic heterocycles. The van der Waals surface area contributed by atoms with Gasteiger partial charge in [-0.3, -0.25) is 4.79 Å². The van der Waals surface area contributed by atoms with Crippen LogP contribution >= 0.6 is 0 Å². The third-order valence-corrected chi connectivity index (χ3v) is 3.57. The Labute approximate surface area is 156 Å². The molecule has 2 aromatic carbocycles. The van der Waals surface area contributed by atoms with Gasteiger partial charge in [-0.2, -0.15) is 8.78 Å². The van der Waals surface area contributed by atoms with Crippen molar-refractivity contribution < 1.29 is 32.5 Å². The standard InChI is InChI=1S/C20H20F2O5/c1-4-26-15-8-6-14(7-9-15)16(23)10-5-13-11-17(24-2)19(27-20(21)22)18(12-13)25-3/h5-12,20H,4H2,1-3H3/b10-5+. The average Bonchev–Trinajstić information content (AvgIpc) is 2.67. The second-order valence-corrected chi connectivity index (χ2v) is 5.29. The van der Waals surface area contributed by atoms with E-state index in [2.05, 4.69) is 4.74 Å². The number of benzene rings is 2. The van der Waals surface area contributed by atoms with Crippen LogP contribution in [0.2, 0.25) is 0 Å². The van der Waals surface area contributed by atoms with Gasteiger partial charge >= 0.3 is 6.61 Å². The summed E-state index contributed by atoms with van der Waals surface area (Å²) >= 11 is 0. The molecule has 2 aromatic rings. The molecule has 0 N–H and O–H groups in total. The van der Waals surface area contributed by atoms with Crippen molar-refractivity contribution >= 4 is 11.9 Å². The first-order valence-corrected chi connectivity index (χ1v) is 8.14. The van der Waals surface area contributed by atoms with Gasteiger partial charge in [-0.25, -0.2) is 0 Å². The lowest BCUT2D eigenvalue weighted by atomic mass is 10.1. The third-order valence-electron chi connectivity index (χ3n) is 3.57. The summed E-state index contributed by atoms with van der Waals surface area (Å²) in [6.45, 7) is -0.597. The fourth-order valence-electron chi connectivity index (χ4n) is 2.35. The summed E-state index contributed by atoms with van der Waals surface area (Å²) in [7, 11) is 2.65. The summed E-state index contributed by atoms with van der Waals surface area (Å²) in [4.78, 5) is 12.3. The Morgan fingerprint density at radius 2 is 1.67 bits per heavy atom. The molecule has 27 heavy (non-hydrogen) atoms. The highest BCUT2D eigenvalue weighted by molar-refractivity contribution is 6.06. The number of allylic oxidation sites excluding steroid dienone is 1. The number of carbonyl (C=O) groups excluding carboxylic acids is 1. The second-order valence-electron chi connectivity index (χ2n) is 5.29. The molecule has 0 saturated carbocycles. The Kier molecular flexibility index (Phi) is 7.16. The molecule has 0 unspecified atom stereocenters. The van der Waals surface area contributed by atoms with Crippen LogP contribution in [0.5, 0.6) is 23.0 Å². The minimum Gasteiger partial charge on any atom is -0.494 e. The molecule has 7 heteroatoms. The molecule has 0 saturated heterocycles. The molecule has 144 valence electrons. The number of hydrogen-bond donors (Lipinski definition) is 0. The number of carbonyl (C=O) groups is 1. The molecule has 0 fully saturated rings. The first-order chi connectivity index (χ1) is 13.0. The summed E-state index contributed by atoms with van der Waals surface area (Å²) in [5.41, 5.74) is 1.02. The maximum Gasteiger partial charge on any atom is 0.387 e. The Hall–Kier alpha value is -3.09. The van der Waals surface area contributed by atoms with E-state index in [1.807, 2.05) is 6.92 Å². The number of ketones is 1. The SMILES string of the molecule is CCOc1ccc(C(=O)/C=C/c2cc(OC)c(OC(F)F)c(OC)c2)cc1. The maximum absolute atomic E-state index is 12.6. The smallest absolute Gasteiger partial charge is 0.387 e. The zero-order valence-electron chi connectivity index (χ0n) is 15.2. The van der Waals surface area contributed by atoms with E-state index in [0.717, 1.165) is 0 Å². The van der Waals surface area contributed by atoms with Crippen LogP contribution in [-0.4, -0.2) is 33.2 Å². The van der Waals surface area contributed by atoms with Gasteiger partial charge in [0.05, 0.1) is 20.8 Å². The van der Waals surface area contributed by atoms with Crippen LogP contribution in [0.4, 0.5) is 8.78 Å². The van der Waals surface area contributed by atoms with Crippen molar-refractivity contribution in [2.75, 3.05) is 20.8 Å². The van der Waals surface area contributed by atoms with E-state index < -0.39 is 6.61 Å². The lowest BCUT2D eigenvalue weighted by molar-refractivity contribution is -0.0526. The van der Waals surface area contributed by atoms with E-state index in [4.69, 9.17) is 14.2 Å². The summed E-state index contributed by atoms with van der Waals surface area (Å²) in [5.74, 6) is 0.404. The number of methoxy groups -OCH3 is 2. The molecule has 0 aliphatic carbocycles. The van der Waals surface area contributed by atoms with E-state index in [9.17, 15) is 13.6 Å². The van der Waals surface area contributed by atoms with Gasteiger partial charge in [-0.1, -0.05) is 6.08 Å². The average molecular weight is 378 g/mol. The molecule has 0 heterocycles. The van der Waals surface area contributed by atoms with Crippen molar-refractivity contribution in [1.82, 2.24) is 0 Å². The lowest BCUT2D eigenvalue weighted by Crippen LogP contribution is -2.05. The largest absolute Gasteiger partial charge is 0.494 e. The number of rotatable bonds is 9. The molecular weight excluding hydrogens is 358 g/mol. The Bertz CT molecular complexity index is 776. The number of halogens is 2. The molecule has 0 atom stereocenters. The van der Waals surface area contributed by atoms with Gasteiger partial charge in [-0.05, 0) is 55.0 Å². The highest BCUT2D eigenvalue weighted by Crippen LogP contribution is 2.39. The zero-order valence-corrected chi connectivity index (χ0v) is 15.2. The first kappa shape index (κ1) is 20.2. The molecule has 0 aromatic heterocycles. The van der Waals surface area contributed by atoms with Gasteiger partial charge < -0.3 is 18.9 Å². The minimum atomic E-state index is -3.02. The van der Waals surface area contributed by atoms with E-state index in [-0.39, 0.29) is 23.0 Å². The van der Waals surface area contributed by atoms with Crippen molar-refractivity contribution in [3.05, 3.63) is 53.6 Å². The fraction of sp³-hybridized carbons (Fsp3) is 0.250. The van der Waals surface area contributed by atoms with Crippen molar-refractivity contribution in [2.24, 2.45) is 0 Å². The quantitative estimate of drug-likeness (QED) is 0.472. The van der Waals surface area contributed by atoms with Crippen molar-refractivity contribution in [3.63, 3.8) is 0 Å². The van der Waals surface area contributed by atoms with Crippen LogP contribution in [-0.2, 0) is 0 Å². The summed E-state index contributed by atoms with van der Waals surface area (Å²) in [5, 5.41) is 0. The molecule has 0 amide bonds. The van der Waals surface area contributed by atoms with Gasteiger partial charge in [0, 0.05) is 5.56 Å². The van der Waals surface area contributed by atoms with Crippen LogP contribution in [0.3, 0.4) is 0 Å². The number of ether oxygens (including phenoxy) is 4. The van der Waals surface area contributed by atoms with E-state index in [1.54, 1.807) is 24.3 Å². The van der Waals surface area contributed by atoms with E-state index in [1.165, 1.54) is 38.5 Å². The maximum atomic E-state index is 12.6. The predicted octanol–water partition coefficient (Wildman–Crippen LogP) is 4.60. The fourth-order valence-corrected chi connectivity index (χ4v) is 2.35. The summed E-state index contributed by atoms with van der Waals surface area (Å²) in [6.07, 6.45) is 2.91. The molecule has 0 aliphatic rings. The number of hydrogen-bond acceptors (Lipinski definition) is 5. The molecule has 2 rings (SSSR count). The van der Waals surface area contributed by atoms with Gasteiger partial charge in [0.2, 0.25) is 5.75 Å². The summed E-state index contributed by atoms with van der Waals surface area (Å²) in [6, 6.07) is 9.71. The normalized spacial score (nSPS) is 10.9. The third kappa shape index (κ3) is 5.44. The Morgan fingerprint density at radius 1 is 1.07 bits per heavy atom. The lowest BCUT2D eigenvalue weighted by Gasteiger charge is -2.14. The van der Waals surface area contributed by atoms with Crippen molar-refractivity contribution in [1.29, 1.82) is 0 Å². The second kappa shape index (κ2) is 9.56. The Balaban J connectivity index is 2.23. The van der Waals surface area contributed by atoms with Crippen LogP contribution in [0.15, 0.2) is 42.5 Å². The van der Waals surface area contributed by atoms with Gasteiger partial charge in [0.15, 0.2) is 17.3 Å². The zero-order chi connectivity index (χ0) is 19.8. The van der Waals surface area contributed by atoms with Gasteiger partial charge in [-0.15, -0.1) is 0 Å². The van der Waals surface area contributed by atoms with Gasteiger partial charge in [0.25, 0.3) is 0 Å². The van der Waals surface area contributed by atoms with E-state index in [0.29, 0.717) is 23.5 Å². The highest BCUT2D eigenvalue weighted by atomic mass is 19.3.